The first-order valence-electron chi connectivity index (χ1n) is 6.93. The lowest BCUT2D eigenvalue weighted by atomic mass is 10.1. The largest absolute Gasteiger partial charge is 0.479 e. The number of hydrogen-bond acceptors (Lipinski definition) is 6. The van der Waals surface area contributed by atoms with Crippen LogP contribution in [0, 0.1) is 0 Å². The Morgan fingerprint density at radius 1 is 1.35 bits per heavy atom. The van der Waals surface area contributed by atoms with Gasteiger partial charge in [0.2, 0.25) is 11.9 Å². The fourth-order valence-electron chi connectivity index (χ4n) is 2.11. The molecule has 1 aliphatic rings. The summed E-state index contributed by atoms with van der Waals surface area (Å²) < 4.78 is 48.9. The van der Waals surface area contributed by atoms with Crippen molar-refractivity contribution in [1.29, 1.82) is 0 Å². The van der Waals surface area contributed by atoms with Crippen molar-refractivity contribution in [2.75, 3.05) is 24.3 Å². The zero-order valence-corrected chi connectivity index (χ0v) is 12.5. The SMILES string of the molecule is CCOC(=O)C1Nc2cc(N)c(C(F)(F)F)cc2N=C1OCC. The van der Waals surface area contributed by atoms with E-state index in [4.69, 9.17) is 15.2 Å². The number of ether oxygens (including phenoxy) is 2. The van der Waals surface area contributed by atoms with Crippen LogP contribution in [0.2, 0.25) is 0 Å². The van der Waals surface area contributed by atoms with Crippen molar-refractivity contribution in [3.05, 3.63) is 17.7 Å². The van der Waals surface area contributed by atoms with Gasteiger partial charge in [-0.2, -0.15) is 13.2 Å². The molecular weight excluding hydrogens is 315 g/mol. The zero-order chi connectivity index (χ0) is 17.2. The quantitative estimate of drug-likeness (QED) is 0.657. The summed E-state index contributed by atoms with van der Waals surface area (Å²) in [6.07, 6.45) is -4.60. The van der Waals surface area contributed by atoms with Gasteiger partial charge in [-0.1, -0.05) is 0 Å². The van der Waals surface area contributed by atoms with Crippen LogP contribution >= 0.6 is 0 Å². The van der Waals surface area contributed by atoms with E-state index >= 15 is 0 Å². The number of nitrogens with zero attached hydrogens (tertiary/aromatic N) is 1. The number of esters is 1. The average molecular weight is 331 g/mol. The van der Waals surface area contributed by atoms with Gasteiger partial charge in [0.1, 0.15) is 0 Å². The van der Waals surface area contributed by atoms with Crippen LogP contribution in [0.3, 0.4) is 0 Å². The Balaban J connectivity index is 2.47. The second-order valence-electron chi connectivity index (χ2n) is 4.67. The van der Waals surface area contributed by atoms with Gasteiger partial charge >= 0.3 is 12.1 Å². The Morgan fingerprint density at radius 2 is 2.04 bits per heavy atom. The third-order valence-electron chi connectivity index (χ3n) is 3.07. The van der Waals surface area contributed by atoms with Gasteiger partial charge in [-0.15, -0.1) is 0 Å². The number of nitrogen functional groups attached to an aromatic ring is 1. The highest BCUT2D eigenvalue weighted by Gasteiger charge is 2.37. The van der Waals surface area contributed by atoms with Gasteiger partial charge < -0.3 is 20.5 Å². The van der Waals surface area contributed by atoms with Gasteiger partial charge in [0.05, 0.1) is 30.2 Å². The number of anilines is 2. The third kappa shape index (κ3) is 3.49. The molecule has 1 atom stereocenters. The Bertz CT molecular complexity index is 644. The number of nitrogens with one attached hydrogen (secondary N) is 1. The molecule has 3 N–H and O–H groups in total. The van der Waals surface area contributed by atoms with Crippen molar-refractivity contribution in [2.45, 2.75) is 26.1 Å². The van der Waals surface area contributed by atoms with E-state index in [0.29, 0.717) is 0 Å². The molecule has 0 bridgehead atoms. The first-order valence-corrected chi connectivity index (χ1v) is 6.93. The lowest BCUT2D eigenvalue weighted by Gasteiger charge is -2.26. The summed E-state index contributed by atoms with van der Waals surface area (Å²) >= 11 is 0. The lowest BCUT2D eigenvalue weighted by Crippen LogP contribution is -2.42. The number of alkyl halides is 3. The van der Waals surface area contributed by atoms with Crippen molar-refractivity contribution < 1.29 is 27.4 Å². The van der Waals surface area contributed by atoms with E-state index in [1.165, 1.54) is 0 Å². The maximum atomic E-state index is 12.9. The molecule has 0 radical (unpaired) electrons. The van der Waals surface area contributed by atoms with Crippen LogP contribution in [0.15, 0.2) is 17.1 Å². The number of fused-ring (bicyclic) bond motifs is 1. The first kappa shape index (κ1) is 16.9. The van der Waals surface area contributed by atoms with E-state index in [1.54, 1.807) is 13.8 Å². The maximum absolute atomic E-state index is 12.9. The molecule has 0 amide bonds. The van der Waals surface area contributed by atoms with Gasteiger partial charge in [-0.3, -0.25) is 0 Å². The Hall–Kier alpha value is -2.45. The molecule has 1 aromatic rings. The summed E-state index contributed by atoms with van der Waals surface area (Å²) in [5, 5.41) is 2.76. The number of halogens is 3. The monoisotopic (exact) mass is 331 g/mol. The highest BCUT2D eigenvalue weighted by atomic mass is 19.4. The molecule has 126 valence electrons. The molecule has 0 aliphatic carbocycles. The summed E-state index contributed by atoms with van der Waals surface area (Å²) in [6.45, 7) is 3.66. The van der Waals surface area contributed by atoms with Gasteiger partial charge in [0.15, 0.2) is 0 Å². The van der Waals surface area contributed by atoms with Crippen LogP contribution in [0.25, 0.3) is 0 Å². The molecule has 1 aromatic carbocycles. The van der Waals surface area contributed by atoms with Gasteiger partial charge in [-0.25, -0.2) is 9.79 Å². The Kier molecular flexibility index (Phi) is 4.67. The highest BCUT2D eigenvalue weighted by molar-refractivity contribution is 6.08. The molecule has 1 unspecified atom stereocenters. The van der Waals surface area contributed by atoms with E-state index < -0.39 is 29.4 Å². The molecule has 0 aromatic heterocycles. The topological polar surface area (TPSA) is 85.9 Å². The number of aliphatic imine (C=N–C) groups is 1. The van der Waals surface area contributed by atoms with Crippen molar-refractivity contribution in [3.8, 4) is 0 Å². The number of rotatable bonds is 3. The zero-order valence-electron chi connectivity index (χ0n) is 12.5. The van der Waals surface area contributed by atoms with E-state index in [1.807, 2.05) is 0 Å². The molecule has 0 spiro atoms. The lowest BCUT2D eigenvalue weighted by molar-refractivity contribution is -0.142. The molecule has 1 heterocycles. The number of hydrogen-bond donors (Lipinski definition) is 2. The Labute approximate surface area is 130 Å². The van der Waals surface area contributed by atoms with Crippen LogP contribution < -0.4 is 11.1 Å². The minimum absolute atomic E-state index is 0.00414. The Morgan fingerprint density at radius 3 is 2.61 bits per heavy atom. The second-order valence-corrected chi connectivity index (χ2v) is 4.67. The third-order valence-corrected chi connectivity index (χ3v) is 3.07. The summed E-state index contributed by atoms with van der Waals surface area (Å²) in [7, 11) is 0. The molecule has 2 rings (SSSR count). The predicted molar refractivity (Wildman–Crippen MR) is 78.6 cm³/mol. The van der Waals surface area contributed by atoms with E-state index in [2.05, 4.69) is 10.3 Å². The summed E-state index contributed by atoms with van der Waals surface area (Å²) in [5.74, 6) is -0.680. The van der Waals surface area contributed by atoms with Crippen LogP contribution in [0.4, 0.5) is 30.2 Å². The molecule has 0 fully saturated rings. The molecule has 23 heavy (non-hydrogen) atoms. The normalized spacial score (nSPS) is 16.9. The smallest absolute Gasteiger partial charge is 0.418 e. The van der Waals surface area contributed by atoms with Crippen molar-refractivity contribution in [1.82, 2.24) is 0 Å². The molecule has 9 heteroatoms. The molecule has 0 saturated heterocycles. The summed E-state index contributed by atoms with van der Waals surface area (Å²) in [4.78, 5) is 16.0. The van der Waals surface area contributed by atoms with Gasteiger partial charge in [0.25, 0.3) is 0 Å². The summed E-state index contributed by atoms with van der Waals surface area (Å²) in [6, 6.07) is 0.882. The van der Waals surface area contributed by atoms with Crippen LogP contribution in [0.1, 0.15) is 19.4 Å². The average Bonchev–Trinajstić information content (AvgIpc) is 2.45. The molecule has 6 nitrogen and oxygen atoms in total. The van der Waals surface area contributed by atoms with E-state index in [0.717, 1.165) is 12.1 Å². The fraction of sp³-hybridized carbons (Fsp3) is 0.429. The second kappa shape index (κ2) is 6.35. The molecular formula is C14H16F3N3O3. The van der Waals surface area contributed by atoms with E-state index in [9.17, 15) is 18.0 Å². The van der Waals surface area contributed by atoms with Gasteiger partial charge in [-0.05, 0) is 26.0 Å². The van der Waals surface area contributed by atoms with Gasteiger partial charge in [0, 0.05) is 5.69 Å². The standard InChI is InChI=1S/C14H16F3N3O3/c1-3-22-12-11(13(21)23-4-2)19-10-6-8(18)7(14(15,16)17)5-9(10)20-12/h5-6,11,19H,3-4,18H2,1-2H3. The minimum atomic E-state index is -4.60. The minimum Gasteiger partial charge on any atom is -0.479 e. The fourth-order valence-corrected chi connectivity index (χ4v) is 2.11. The number of carbonyl (C=O) groups excluding carboxylic acids is 1. The first-order chi connectivity index (χ1) is 10.8. The maximum Gasteiger partial charge on any atom is 0.418 e. The predicted octanol–water partition coefficient (Wildman–Crippen LogP) is 2.71. The highest BCUT2D eigenvalue weighted by Crippen LogP contribution is 2.41. The number of carbonyl (C=O) groups is 1. The number of nitrogens with two attached hydrogens (primary N) is 1. The van der Waals surface area contributed by atoms with Crippen LogP contribution in [-0.4, -0.2) is 31.1 Å². The van der Waals surface area contributed by atoms with E-state index in [-0.39, 0.29) is 30.5 Å². The van der Waals surface area contributed by atoms with Crippen LogP contribution in [0.5, 0.6) is 0 Å². The van der Waals surface area contributed by atoms with Crippen molar-refractivity contribution in [2.24, 2.45) is 4.99 Å². The summed E-state index contributed by atoms with van der Waals surface area (Å²) in [5.41, 5.74) is 4.20. The van der Waals surface area contributed by atoms with Crippen molar-refractivity contribution >= 4 is 28.9 Å². The van der Waals surface area contributed by atoms with Crippen LogP contribution in [-0.2, 0) is 20.4 Å². The number of benzene rings is 1. The van der Waals surface area contributed by atoms with Crippen molar-refractivity contribution in [3.63, 3.8) is 0 Å². The molecule has 1 aliphatic heterocycles. The molecule has 0 saturated carbocycles.